The molecule has 1 aromatic rings. The Hall–Kier alpha value is -7.22. The molecular weight excluding hydrogens is 951 g/mol. The zero-order valence-corrected chi connectivity index (χ0v) is 41.2. The van der Waals surface area contributed by atoms with Crippen molar-refractivity contribution in [1.29, 1.82) is 0 Å². The highest BCUT2D eigenvalue weighted by molar-refractivity contribution is 5.98. The molecule has 72 heavy (non-hydrogen) atoms. The first kappa shape index (κ1) is 62.8. The van der Waals surface area contributed by atoms with Crippen LogP contribution in [-0.2, 0) is 64.0 Å². The third kappa shape index (κ3) is 23.1. The lowest BCUT2D eigenvalue weighted by Gasteiger charge is -2.28. The molecule has 0 fully saturated rings. The Morgan fingerprint density at radius 3 is 1.54 bits per heavy atom. The van der Waals surface area contributed by atoms with E-state index in [-0.39, 0.29) is 31.6 Å². The van der Waals surface area contributed by atoms with Crippen molar-refractivity contribution in [2.24, 2.45) is 23.5 Å². The third-order valence-corrected chi connectivity index (χ3v) is 11.4. The Kier molecular flexibility index (Phi) is 27.8. The number of nitrogens with one attached hydrogen (secondary N) is 8. The summed E-state index contributed by atoms with van der Waals surface area (Å²) in [5.41, 5.74) is 6.30. The number of hydrogen-bond acceptors (Lipinski definition) is 14. The first-order valence-corrected chi connectivity index (χ1v) is 23.4. The maximum Gasteiger partial charge on any atom is 0.326 e. The van der Waals surface area contributed by atoms with Gasteiger partial charge in [0.15, 0.2) is 0 Å². The number of hydrogen-bond donors (Lipinski definition) is 14. The molecule has 0 aliphatic rings. The molecule has 402 valence electrons. The molecule has 15 N–H and O–H groups in total. The fourth-order valence-corrected chi connectivity index (χ4v) is 6.80. The van der Waals surface area contributed by atoms with Gasteiger partial charge in [0.1, 0.15) is 42.3 Å². The fourth-order valence-electron chi connectivity index (χ4n) is 6.80. The van der Waals surface area contributed by atoms with Crippen molar-refractivity contribution < 1.29 is 83.1 Å². The van der Waals surface area contributed by atoms with Gasteiger partial charge in [-0.25, -0.2) is 4.79 Å². The van der Waals surface area contributed by atoms with Crippen LogP contribution in [0.25, 0.3) is 0 Å². The number of benzene rings is 1. The molecule has 0 aromatic heterocycles. The van der Waals surface area contributed by atoms with Gasteiger partial charge in [0.25, 0.3) is 0 Å². The van der Waals surface area contributed by atoms with Crippen molar-refractivity contribution in [2.75, 3.05) is 13.2 Å². The molecule has 0 spiro atoms. The smallest absolute Gasteiger partial charge is 0.326 e. The topological polar surface area (TPSA) is 428 Å². The largest absolute Gasteiger partial charge is 0.481 e. The van der Waals surface area contributed by atoms with Crippen LogP contribution < -0.4 is 48.3 Å². The van der Waals surface area contributed by atoms with E-state index in [0.717, 1.165) is 0 Å². The number of carboxylic acid groups (broad SMARTS) is 4. The predicted molar refractivity (Wildman–Crippen MR) is 254 cm³/mol. The number of amides is 8. The standard InChI is InChI=1S/C46H71N9O17/c1-7-24(5)37(55-39(64)27(47)14-16-34(58)59)45(70)52-31(20-36(62)63)43(68)53-32(22-56)44(69)50-29(18-23(3)4)41(66)51-30(19-26-12-10-9-11-13-26)42(67)49-28(15-17-35(60)61)40(65)48-21-33(57)54-38(46(71)72)25(6)8-2/h9-13,23-25,27-32,37-38,56H,7-8,14-22,47H2,1-6H3,(H,48,65)(H,49,67)(H,50,69)(H,51,66)(H,52,70)(H,53,68)(H,54,57)(H,55,64)(H,58,59)(H,60,61)(H,62,63)(H,71,72)/t24-,25-,27-,28-,29-,30-,31-,32-,37-,38-/m0/s1. The van der Waals surface area contributed by atoms with E-state index in [0.29, 0.717) is 12.0 Å². The van der Waals surface area contributed by atoms with Gasteiger partial charge in [-0.1, -0.05) is 84.7 Å². The average molecular weight is 1020 g/mol. The Bertz CT molecular complexity index is 2060. The summed E-state index contributed by atoms with van der Waals surface area (Å²) in [5.74, 6) is -15.1. The van der Waals surface area contributed by atoms with Gasteiger partial charge in [0, 0.05) is 19.3 Å². The summed E-state index contributed by atoms with van der Waals surface area (Å²) in [6.07, 6.45) is -2.50. The second-order valence-electron chi connectivity index (χ2n) is 17.7. The minimum absolute atomic E-state index is 0.102. The number of aliphatic hydroxyl groups excluding tert-OH is 1. The second-order valence-corrected chi connectivity index (χ2v) is 17.7. The monoisotopic (exact) mass is 1020 g/mol. The zero-order valence-electron chi connectivity index (χ0n) is 41.2. The predicted octanol–water partition coefficient (Wildman–Crippen LogP) is -2.51. The molecule has 26 heteroatoms. The summed E-state index contributed by atoms with van der Waals surface area (Å²) in [6, 6.07) is -4.16. The molecule has 26 nitrogen and oxygen atoms in total. The molecule has 1 rings (SSSR count). The fraction of sp³-hybridized carbons (Fsp3) is 0.609. The lowest BCUT2D eigenvalue weighted by Crippen LogP contribution is -2.61. The van der Waals surface area contributed by atoms with Crippen molar-refractivity contribution in [3.8, 4) is 0 Å². The molecule has 0 bridgehead atoms. The third-order valence-electron chi connectivity index (χ3n) is 11.4. The van der Waals surface area contributed by atoms with Crippen molar-refractivity contribution >= 4 is 71.1 Å². The van der Waals surface area contributed by atoms with Crippen LogP contribution in [-0.4, -0.2) is 158 Å². The molecular formula is C46H71N9O17. The summed E-state index contributed by atoms with van der Waals surface area (Å²) in [4.78, 5) is 154. The number of nitrogens with two attached hydrogens (primary N) is 1. The van der Waals surface area contributed by atoms with Crippen molar-refractivity contribution in [2.45, 2.75) is 148 Å². The van der Waals surface area contributed by atoms with E-state index < -0.39 is 170 Å². The highest BCUT2D eigenvalue weighted by atomic mass is 16.4. The van der Waals surface area contributed by atoms with Gasteiger partial charge in [-0.3, -0.25) is 52.7 Å². The van der Waals surface area contributed by atoms with E-state index in [2.05, 4.69) is 42.5 Å². The second kappa shape index (κ2) is 31.9. The van der Waals surface area contributed by atoms with Crippen molar-refractivity contribution in [3.63, 3.8) is 0 Å². The zero-order chi connectivity index (χ0) is 54.8. The highest BCUT2D eigenvalue weighted by Crippen LogP contribution is 2.13. The van der Waals surface area contributed by atoms with Gasteiger partial charge in [0.05, 0.1) is 25.6 Å². The van der Waals surface area contributed by atoms with E-state index in [9.17, 15) is 78.0 Å². The number of carbonyl (C=O) groups excluding carboxylic acids is 8. The van der Waals surface area contributed by atoms with Gasteiger partial charge >= 0.3 is 23.9 Å². The minimum atomic E-state index is -1.90. The average Bonchev–Trinajstić information content (AvgIpc) is 3.31. The summed E-state index contributed by atoms with van der Waals surface area (Å²) < 4.78 is 0. The van der Waals surface area contributed by atoms with Gasteiger partial charge in [-0.15, -0.1) is 0 Å². The molecule has 0 saturated carbocycles. The SMILES string of the molecule is CC[C@H](C)[C@H](NC(=O)CNC(=O)[C@H](CCC(=O)O)NC(=O)[C@H](Cc1ccccc1)NC(=O)[C@H](CC(C)C)NC(=O)[C@H](CO)NC(=O)[C@H](CC(=O)O)NC(=O)[C@@H](NC(=O)[C@@H](N)CCC(=O)O)[C@@H](C)CC)C(=O)O. The molecule has 0 saturated heterocycles. The molecule has 0 aliphatic carbocycles. The van der Waals surface area contributed by atoms with Crippen molar-refractivity contribution in [1.82, 2.24) is 42.5 Å². The number of carboxylic acids is 4. The summed E-state index contributed by atoms with van der Waals surface area (Å²) >= 11 is 0. The summed E-state index contributed by atoms with van der Waals surface area (Å²) in [6.45, 7) is 8.06. The van der Waals surface area contributed by atoms with Gasteiger partial charge in [0.2, 0.25) is 47.3 Å². The van der Waals surface area contributed by atoms with Gasteiger partial charge in [-0.2, -0.15) is 0 Å². The summed E-state index contributed by atoms with van der Waals surface area (Å²) in [5, 5.41) is 66.5. The van der Waals surface area contributed by atoms with E-state index in [1.54, 1.807) is 71.9 Å². The first-order valence-electron chi connectivity index (χ1n) is 23.4. The van der Waals surface area contributed by atoms with E-state index >= 15 is 0 Å². The van der Waals surface area contributed by atoms with Gasteiger partial charge < -0.3 is 73.8 Å². The lowest BCUT2D eigenvalue weighted by atomic mass is 9.97. The van der Waals surface area contributed by atoms with Crippen LogP contribution in [0.4, 0.5) is 0 Å². The molecule has 0 unspecified atom stereocenters. The molecule has 8 amide bonds. The van der Waals surface area contributed by atoms with E-state index in [1.165, 1.54) is 0 Å². The first-order chi connectivity index (χ1) is 33.7. The van der Waals surface area contributed by atoms with Crippen LogP contribution in [0.2, 0.25) is 0 Å². The molecule has 10 atom stereocenters. The lowest BCUT2D eigenvalue weighted by molar-refractivity contribution is -0.143. The Morgan fingerprint density at radius 1 is 0.528 bits per heavy atom. The minimum Gasteiger partial charge on any atom is -0.481 e. The van der Waals surface area contributed by atoms with E-state index in [4.69, 9.17) is 10.8 Å². The van der Waals surface area contributed by atoms with Crippen LogP contribution in [0, 0.1) is 17.8 Å². The highest BCUT2D eigenvalue weighted by Gasteiger charge is 2.36. The maximum absolute atomic E-state index is 14.1. The van der Waals surface area contributed by atoms with Crippen molar-refractivity contribution in [3.05, 3.63) is 35.9 Å². The normalized spacial score (nSPS) is 15.2. The molecule has 0 radical (unpaired) electrons. The van der Waals surface area contributed by atoms with Gasteiger partial charge in [-0.05, 0) is 42.6 Å². The van der Waals surface area contributed by atoms with Crippen LogP contribution in [0.5, 0.6) is 0 Å². The number of aliphatic hydroxyl groups is 1. The van der Waals surface area contributed by atoms with E-state index in [1.807, 2.05) is 0 Å². The Morgan fingerprint density at radius 2 is 1.01 bits per heavy atom. The van der Waals surface area contributed by atoms with Crippen LogP contribution in [0.3, 0.4) is 0 Å². The number of carbonyl (C=O) groups is 12. The quantitative estimate of drug-likeness (QED) is 0.0339. The molecule has 0 heterocycles. The molecule has 1 aromatic carbocycles. The number of rotatable bonds is 34. The molecule has 0 aliphatic heterocycles. The Balaban J connectivity index is 3.40. The maximum atomic E-state index is 14.1. The van der Waals surface area contributed by atoms with Crippen LogP contribution in [0.15, 0.2) is 30.3 Å². The Labute approximate surface area is 416 Å². The van der Waals surface area contributed by atoms with Crippen LogP contribution >= 0.6 is 0 Å². The number of aliphatic carboxylic acids is 4. The summed E-state index contributed by atoms with van der Waals surface area (Å²) in [7, 11) is 0. The van der Waals surface area contributed by atoms with Crippen LogP contribution in [0.1, 0.15) is 98.5 Å².